The van der Waals surface area contributed by atoms with Crippen molar-refractivity contribution >= 4 is 60.3 Å². The van der Waals surface area contributed by atoms with Crippen molar-refractivity contribution in [3.8, 4) is 0 Å². The topological polar surface area (TPSA) is 48.8 Å². The first-order chi connectivity index (χ1) is 8.72. The maximum absolute atomic E-state index is 4.55. The summed E-state index contributed by atoms with van der Waals surface area (Å²) in [6, 6.07) is 8.22. The lowest BCUT2D eigenvalue weighted by Gasteiger charge is -2.23. The quantitative estimate of drug-likeness (QED) is 0.704. The molecule has 2 heterocycles. The Kier molecular flexibility index (Phi) is 1.88. The highest BCUT2D eigenvalue weighted by Crippen LogP contribution is 2.45. The van der Waals surface area contributed by atoms with Crippen LogP contribution in [-0.2, 0) is 0 Å². The summed E-state index contributed by atoms with van der Waals surface area (Å²) in [4.78, 5) is 9.06. The Morgan fingerprint density at radius 2 is 1.50 bits per heavy atom. The van der Waals surface area contributed by atoms with Gasteiger partial charge in [0.2, 0.25) is 16.3 Å². The number of aliphatic imine (C=N–C) groups is 2. The van der Waals surface area contributed by atoms with Gasteiger partial charge < -0.3 is 10.6 Å². The van der Waals surface area contributed by atoms with Gasteiger partial charge in [-0.25, -0.2) is 4.99 Å². The summed E-state index contributed by atoms with van der Waals surface area (Å²) < 4.78 is 0.842. The largest absolute Gasteiger partial charge is 0.361 e. The summed E-state index contributed by atoms with van der Waals surface area (Å²) in [6.07, 6.45) is 0. The summed E-state index contributed by atoms with van der Waals surface area (Å²) >= 11 is 2.61. The molecule has 2 aliphatic rings. The van der Waals surface area contributed by atoms with E-state index < -0.39 is 0 Å². The molecule has 84 valence electrons. The molecule has 0 spiro atoms. The second-order valence-corrected chi connectivity index (χ2v) is 5.01. The van der Waals surface area contributed by atoms with Gasteiger partial charge in [0, 0.05) is 22.1 Å². The Morgan fingerprint density at radius 3 is 2.22 bits per heavy atom. The van der Waals surface area contributed by atoms with Crippen LogP contribution in [-0.4, -0.2) is 26.8 Å². The number of hydrogen-bond acceptors (Lipinski definition) is 4. The van der Waals surface area contributed by atoms with Crippen LogP contribution in [0.1, 0.15) is 6.92 Å². The van der Waals surface area contributed by atoms with Crippen molar-refractivity contribution in [3.05, 3.63) is 24.3 Å². The Bertz CT molecular complexity index is 696. The first kappa shape index (κ1) is 10.1. The van der Waals surface area contributed by atoms with Crippen LogP contribution in [0.5, 0.6) is 0 Å². The van der Waals surface area contributed by atoms with Crippen LogP contribution in [0, 0.1) is 0 Å². The van der Waals surface area contributed by atoms with Crippen LogP contribution < -0.4 is 10.6 Å². The van der Waals surface area contributed by atoms with Gasteiger partial charge in [0.25, 0.3) is 0 Å². The molecule has 2 radical (unpaired) electrons. The number of nitrogens with zero attached hydrogens (tertiary/aromatic N) is 2. The molecular formula is C13H9AlN4. The molecule has 0 unspecified atom stereocenters. The molecule has 4 rings (SSSR count). The average molecular weight is 248 g/mol. The van der Waals surface area contributed by atoms with Gasteiger partial charge in [0.15, 0.2) is 0 Å². The third kappa shape index (κ3) is 1.26. The Morgan fingerprint density at radius 1 is 0.889 bits per heavy atom. The summed E-state index contributed by atoms with van der Waals surface area (Å²) in [5.41, 5.74) is 4.18. The van der Waals surface area contributed by atoms with E-state index in [9.17, 15) is 0 Å². The van der Waals surface area contributed by atoms with Crippen molar-refractivity contribution in [2.45, 2.75) is 6.92 Å². The third-order valence-electron chi connectivity index (χ3n) is 3.22. The summed E-state index contributed by atoms with van der Waals surface area (Å²) in [5, 5.41) is 8.86. The number of benzene rings is 2. The van der Waals surface area contributed by atoms with Crippen molar-refractivity contribution in [2.24, 2.45) is 9.98 Å². The Hall–Kier alpha value is -1.83. The van der Waals surface area contributed by atoms with Crippen molar-refractivity contribution < 1.29 is 0 Å². The fourth-order valence-electron chi connectivity index (χ4n) is 2.55. The van der Waals surface area contributed by atoms with Crippen molar-refractivity contribution in [1.29, 1.82) is 0 Å². The first-order valence-corrected chi connectivity index (χ1v) is 6.33. The highest BCUT2D eigenvalue weighted by Gasteiger charge is 2.19. The van der Waals surface area contributed by atoms with Crippen molar-refractivity contribution in [2.75, 3.05) is 10.6 Å². The van der Waals surface area contributed by atoms with Crippen LogP contribution in [0.25, 0.3) is 10.8 Å². The molecule has 4 nitrogen and oxygen atoms in total. The summed E-state index contributed by atoms with van der Waals surface area (Å²) in [6.45, 7) is 1.97. The predicted molar refractivity (Wildman–Crippen MR) is 76.8 cm³/mol. The zero-order chi connectivity index (χ0) is 12.3. The normalized spacial score (nSPS) is 15.6. The van der Waals surface area contributed by atoms with Crippen LogP contribution in [0.4, 0.5) is 22.7 Å². The highest BCUT2D eigenvalue weighted by atomic mass is 27.0. The Balaban J connectivity index is 2.20. The highest BCUT2D eigenvalue weighted by molar-refractivity contribution is 6.63. The molecule has 0 bridgehead atoms. The predicted octanol–water partition coefficient (Wildman–Crippen LogP) is 2.90. The number of nitrogens with one attached hydrogen (secondary N) is 2. The third-order valence-corrected chi connectivity index (χ3v) is 3.50. The van der Waals surface area contributed by atoms with E-state index in [-0.39, 0.29) is 0 Å². The van der Waals surface area contributed by atoms with Crippen LogP contribution >= 0.6 is 0 Å². The summed E-state index contributed by atoms with van der Waals surface area (Å²) in [7, 11) is 0. The maximum atomic E-state index is 4.55. The molecule has 0 aromatic heterocycles. The van der Waals surface area contributed by atoms with E-state index in [0.29, 0.717) is 0 Å². The van der Waals surface area contributed by atoms with Gasteiger partial charge in [-0.3, -0.25) is 4.99 Å². The lowest BCUT2D eigenvalue weighted by molar-refractivity contribution is 1.44. The standard InChI is InChI=1S/C13H9N4.Al/c1-7-16-10-4-2-8-12-9(15-6-14-8)3-5-11(17-7)13(10)12;/h2-5H,1H3,(H,14,15)(H,16,17);. The Labute approximate surface area is 112 Å². The number of hydrogen-bond donors (Lipinski definition) is 2. The minimum atomic E-state index is 0.842. The molecule has 0 aliphatic carbocycles. The average Bonchev–Trinajstić information content (AvgIpc) is 2.34. The molecule has 0 fully saturated rings. The van der Waals surface area contributed by atoms with Gasteiger partial charge in [-0.05, 0) is 35.9 Å². The smallest absolute Gasteiger partial charge is 0.240 e. The van der Waals surface area contributed by atoms with Crippen LogP contribution in [0.2, 0.25) is 0 Å². The molecule has 2 N–H and O–H groups in total. The van der Waals surface area contributed by atoms with Gasteiger partial charge in [0.05, 0.1) is 11.4 Å². The van der Waals surface area contributed by atoms with E-state index in [2.05, 4.69) is 49.0 Å². The molecule has 5 heteroatoms. The van der Waals surface area contributed by atoms with Crippen molar-refractivity contribution in [3.63, 3.8) is 0 Å². The number of amidine groups is 2. The molecule has 2 aliphatic heterocycles. The molecular weight excluding hydrogens is 239 g/mol. The SMILES string of the molecule is CC1=Nc2ccc3c4c(ccc(c24)N1)N=[C]([Al])N3. The lowest BCUT2D eigenvalue weighted by atomic mass is 10.0. The molecule has 2 aromatic carbocycles. The van der Waals surface area contributed by atoms with Crippen LogP contribution in [0.15, 0.2) is 34.3 Å². The molecule has 0 amide bonds. The zero-order valence-electron chi connectivity index (χ0n) is 9.78. The van der Waals surface area contributed by atoms with Gasteiger partial charge in [0.1, 0.15) is 5.84 Å². The summed E-state index contributed by atoms with van der Waals surface area (Å²) in [5.74, 6) is 0.921. The van der Waals surface area contributed by atoms with Crippen molar-refractivity contribution in [1.82, 2.24) is 0 Å². The monoisotopic (exact) mass is 248 g/mol. The molecule has 0 atom stereocenters. The zero-order valence-corrected chi connectivity index (χ0v) is 10.9. The van der Waals surface area contributed by atoms with Gasteiger partial charge in [-0.15, -0.1) is 0 Å². The molecule has 2 aromatic rings. The fraction of sp³-hybridized carbons (Fsp3) is 0.0769. The van der Waals surface area contributed by atoms with E-state index in [1.54, 1.807) is 0 Å². The fourth-order valence-corrected chi connectivity index (χ4v) is 2.85. The maximum Gasteiger partial charge on any atom is 0.240 e. The molecule has 18 heavy (non-hydrogen) atoms. The molecule has 0 saturated carbocycles. The second-order valence-electron chi connectivity index (χ2n) is 4.46. The van der Waals surface area contributed by atoms with Crippen LogP contribution in [0.3, 0.4) is 0 Å². The first-order valence-electron chi connectivity index (χ1n) is 5.75. The van der Waals surface area contributed by atoms with E-state index >= 15 is 0 Å². The van der Waals surface area contributed by atoms with E-state index in [4.69, 9.17) is 0 Å². The molecule has 0 saturated heterocycles. The van der Waals surface area contributed by atoms with E-state index in [1.165, 1.54) is 0 Å². The van der Waals surface area contributed by atoms with Gasteiger partial charge in [-0.2, -0.15) is 0 Å². The number of rotatable bonds is 0. The second kappa shape index (κ2) is 3.35. The minimum absolute atomic E-state index is 0.842. The van der Waals surface area contributed by atoms with E-state index in [1.807, 2.05) is 19.1 Å². The van der Waals surface area contributed by atoms with E-state index in [0.717, 1.165) is 44.1 Å². The number of anilines is 2. The minimum Gasteiger partial charge on any atom is -0.361 e. The lowest BCUT2D eigenvalue weighted by Crippen LogP contribution is -2.16. The van der Waals surface area contributed by atoms with Gasteiger partial charge >= 0.3 is 0 Å². The van der Waals surface area contributed by atoms with Gasteiger partial charge in [-0.1, -0.05) is 0 Å².